The maximum absolute atomic E-state index is 13.0. The minimum atomic E-state index is -0.257. The first-order valence-corrected chi connectivity index (χ1v) is 10.7. The van der Waals surface area contributed by atoms with Gasteiger partial charge in [0.2, 0.25) is 0 Å². The first kappa shape index (κ1) is 21.3. The zero-order valence-corrected chi connectivity index (χ0v) is 18.5. The summed E-state index contributed by atoms with van der Waals surface area (Å²) in [7, 11) is 3.40. The van der Waals surface area contributed by atoms with E-state index in [1.54, 1.807) is 30.9 Å². The van der Waals surface area contributed by atoms with Crippen LogP contribution in [0.3, 0.4) is 0 Å². The van der Waals surface area contributed by atoms with Crippen LogP contribution in [0.15, 0.2) is 48.5 Å². The third kappa shape index (κ3) is 4.11. The molecule has 0 fully saturated rings. The molecule has 0 saturated heterocycles. The second kappa shape index (κ2) is 9.04. The van der Waals surface area contributed by atoms with Gasteiger partial charge in [-0.1, -0.05) is 24.3 Å². The lowest BCUT2D eigenvalue weighted by Crippen LogP contribution is -2.26. The van der Waals surface area contributed by atoms with E-state index < -0.39 is 0 Å². The Kier molecular flexibility index (Phi) is 6.01. The molecular formula is C24H21N5O2S. The van der Waals surface area contributed by atoms with Crippen molar-refractivity contribution in [3.63, 3.8) is 0 Å². The largest absolute Gasteiger partial charge is 0.497 e. The molecule has 2 aromatic heterocycles. The van der Waals surface area contributed by atoms with Gasteiger partial charge in [-0.15, -0.1) is 11.3 Å². The van der Waals surface area contributed by atoms with Gasteiger partial charge in [0.05, 0.1) is 23.4 Å². The van der Waals surface area contributed by atoms with Crippen LogP contribution in [-0.4, -0.2) is 28.8 Å². The summed E-state index contributed by atoms with van der Waals surface area (Å²) in [6.07, 6.45) is 1.84. The van der Waals surface area contributed by atoms with Crippen LogP contribution in [0, 0.1) is 16.7 Å². The molecule has 0 unspecified atom stereocenters. The lowest BCUT2D eigenvalue weighted by Gasteiger charge is -2.09. The number of ether oxygens (including phenoxy) is 1. The standard InChI is InChI=1S/C24H21N5O2S/c1-29-21(24(30)27-14-17-4-3-5-18(10-17)31-2)19(13-26)22-23(29)28-20(32-22)11-15-6-8-16(12-25)9-7-15/h3-10,13,26H,11,14H2,1-2H3,(H,27,30). The van der Waals surface area contributed by atoms with Crippen molar-refractivity contribution in [2.24, 2.45) is 7.05 Å². The van der Waals surface area contributed by atoms with Crippen molar-refractivity contribution < 1.29 is 9.53 Å². The topological polar surface area (TPSA) is 104 Å². The summed E-state index contributed by atoms with van der Waals surface area (Å²) in [5.74, 6) is 0.475. The van der Waals surface area contributed by atoms with Crippen LogP contribution in [0.2, 0.25) is 0 Å². The molecule has 160 valence electrons. The van der Waals surface area contributed by atoms with Crippen LogP contribution in [-0.2, 0) is 20.0 Å². The number of hydrogen-bond donors (Lipinski definition) is 2. The number of aromatic nitrogens is 2. The van der Waals surface area contributed by atoms with Crippen molar-refractivity contribution in [2.75, 3.05) is 7.11 Å². The molecule has 4 rings (SSSR count). The van der Waals surface area contributed by atoms with Gasteiger partial charge in [-0.2, -0.15) is 5.26 Å². The Morgan fingerprint density at radius 2 is 2.06 bits per heavy atom. The molecule has 7 nitrogen and oxygen atoms in total. The number of nitrogens with one attached hydrogen (secondary N) is 2. The zero-order valence-electron chi connectivity index (χ0n) is 17.7. The Morgan fingerprint density at radius 1 is 1.28 bits per heavy atom. The Morgan fingerprint density at radius 3 is 2.75 bits per heavy atom. The smallest absolute Gasteiger partial charge is 0.268 e. The lowest BCUT2D eigenvalue weighted by atomic mass is 10.1. The van der Waals surface area contributed by atoms with Gasteiger partial charge in [0, 0.05) is 31.8 Å². The second-order valence-corrected chi connectivity index (χ2v) is 8.33. The van der Waals surface area contributed by atoms with Crippen molar-refractivity contribution in [3.05, 3.63) is 81.5 Å². The number of methoxy groups -OCH3 is 1. The van der Waals surface area contributed by atoms with Crippen LogP contribution in [0.1, 0.15) is 37.7 Å². The molecule has 4 aromatic rings. The molecular weight excluding hydrogens is 422 g/mol. The predicted molar refractivity (Wildman–Crippen MR) is 125 cm³/mol. The average Bonchev–Trinajstić information content (AvgIpc) is 3.34. The highest BCUT2D eigenvalue weighted by atomic mass is 32.1. The molecule has 8 heteroatoms. The Bertz CT molecular complexity index is 1350. The number of benzene rings is 2. The maximum atomic E-state index is 13.0. The van der Waals surface area contributed by atoms with Gasteiger partial charge < -0.3 is 20.0 Å². The van der Waals surface area contributed by atoms with E-state index in [0.717, 1.165) is 26.6 Å². The Balaban J connectivity index is 1.57. The number of thiazole rings is 1. The monoisotopic (exact) mass is 443 g/mol. The van der Waals surface area contributed by atoms with Crippen LogP contribution in [0.4, 0.5) is 0 Å². The van der Waals surface area contributed by atoms with Crippen LogP contribution in [0.5, 0.6) is 5.75 Å². The normalized spacial score (nSPS) is 10.7. The molecule has 0 atom stereocenters. The fourth-order valence-corrected chi connectivity index (χ4v) is 4.70. The molecule has 2 N–H and O–H groups in total. The Labute approximate surface area is 189 Å². The highest BCUT2D eigenvalue weighted by Gasteiger charge is 2.23. The highest BCUT2D eigenvalue weighted by Crippen LogP contribution is 2.31. The van der Waals surface area contributed by atoms with E-state index in [0.29, 0.717) is 35.4 Å². The zero-order chi connectivity index (χ0) is 22.7. The van der Waals surface area contributed by atoms with E-state index in [4.69, 9.17) is 20.4 Å². The lowest BCUT2D eigenvalue weighted by molar-refractivity contribution is 0.0943. The molecule has 2 heterocycles. The van der Waals surface area contributed by atoms with Crippen LogP contribution >= 0.6 is 11.3 Å². The number of amides is 1. The van der Waals surface area contributed by atoms with Gasteiger partial charge in [0.1, 0.15) is 16.5 Å². The maximum Gasteiger partial charge on any atom is 0.268 e. The SMILES string of the molecule is COc1cccc(CNC(=O)c2c(C=N)c3sc(Cc4ccc(C#N)cc4)nc3n2C)c1. The van der Waals surface area contributed by atoms with Gasteiger partial charge in [-0.25, -0.2) is 4.98 Å². The third-order valence-electron chi connectivity index (χ3n) is 5.19. The molecule has 2 aromatic carbocycles. The number of rotatable bonds is 7. The van der Waals surface area contributed by atoms with Gasteiger partial charge in [-0.05, 0) is 35.4 Å². The second-order valence-electron chi connectivity index (χ2n) is 7.25. The van der Waals surface area contributed by atoms with E-state index in [-0.39, 0.29) is 5.91 Å². The fraction of sp³-hybridized carbons (Fsp3) is 0.167. The number of aryl methyl sites for hydroxylation is 1. The molecule has 32 heavy (non-hydrogen) atoms. The molecule has 1 amide bonds. The first-order valence-electron chi connectivity index (χ1n) is 9.92. The van der Waals surface area contributed by atoms with Gasteiger partial charge >= 0.3 is 0 Å². The molecule has 0 saturated carbocycles. The summed E-state index contributed by atoms with van der Waals surface area (Å²) in [5.41, 5.74) is 4.26. The molecule has 0 radical (unpaired) electrons. The summed E-state index contributed by atoms with van der Waals surface area (Å²) in [6, 6.07) is 17.0. The summed E-state index contributed by atoms with van der Waals surface area (Å²) >= 11 is 1.48. The number of hydrogen-bond acceptors (Lipinski definition) is 6. The summed E-state index contributed by atoms with van der Waals surface area (Å²) in [6.45, 7) is 0.351. The van der Waals surface area contributed by atoms with Gasteiger partial charge in [0.15, 0.2) is 5.65 Å². The van der Waals surface area contributed by atoms with E-state index in [9.17, 15) is 4.79 Å². The number of nitrogens with zero attached hydrogens (tertiary/aromatic N) is 3. The number of carbonyl (C=O) groups is 1. The van der Waals surface area contributed by atoms with Crippen molar-refractivity contribution in [3.8, 4) is 11.8 Å². The van der Waals surface area contributed by atoms with Crippen molar-refractivity contribution in [2.45, 2.75) is 13.0 Å². The molecule has 0 bridgehead atoms. The fourth-order valence-electron chi connectivity index (χ4n) is 3.56. The van der Waals surface area contributed by atoms with Crippen molar-refractivity contribution in [1.82, 2.24) is 14.9 Å². The molecule has 0 spiro atoms. The number of fused-ring (bicyclic) bond motifs is 1. The minimum Gasteiger partial charge on any atom is -0.497 e. The quantitative estimate of drug-likeness (QED) is 0.421. The minimum absolute atomic E-state index is 0.257. The van der Waals surface area contributed by atoms with Crippen molar-refractivity contribution in [1.29, 1.82) is 10.7 Å². The van der Waals surface area contributed by atoms with E-state index in [1.165, 1.54) is 17.6 Å². The summed E-state index contributed by atoms with van der Waals surface area (Å²) in [5, 5.41) is 20.7. The number of carbonyl (C=O) groups excluding carboxylic acids is 1. The predicted octanol–water partition coefficient (Wildman–Crippen LogP) is 4.03. The van der Waals surface area contributed by atoms with E-state index in [1.807, 2.05) is 36.4 Å². The Hall–Kier alpha value is -3.96. The molecule has 0 aliphatic rings. The summed E-state index contributed by atoms with van der Waals surface area (Å²) in [4.78, 5) is 17.7. The average molecular weight is 444 g/mol. The highest BCUT2D eigenvalue weighted by molar-refractivity contribution is 7.19. The van der Waals surface area contributed by atoms with Crippen LogP contribution < -0.4 is 10.1 Å². The van der Waals surface area contributed by atoms with Crippen LogP contribution in [0.25, 0.3) is 10.3 Å². The van der Waals surface area contributed by atoms with E-state index in [2.05, 4.69) is 11.4 Å². The van der Waals surface area contributed by atoms with Gasteiger partial charge in [0.25, 0.3) is 5.91 Å². The first-order chi connectivity index (χ1) is 15.5. The molecule has 0 aliphatic carbocycles. The van der Waals surface area contributed by atoms with Gasteiger partial charge in [-0.3, -0.25) is 4.79 Å². The van der Waals surface area contributed by atoms with Crippen molar-refractivity contribution >= 4 is 33.8 Å². The number of nitriles is 1. The van der Waals surface area contributed by atoms with E-state index >= 15 is 0 Å². The molecule has 0 aliphatic heterocycles. The third-order valence-corrected chi connectivity index (χ3v) is 6.27. The summed E-state index contributed by atoms with van der Waals surface area (Å²) < 4.78 is 7.79.